The van der Waals surface area contributed by atoms with Crippen LogP contribution in [0.3, 0.4) is 0 Å². The van der Waals surface area contributed by atoms with E-state index < -0.39 is 13.2 Å². The second-order valence-electron chi connectivity index (χ2n) is 15.2. The Balaban J connectivity index is 0.830. The standard InChI is InChI=1S/C40H45ClN9O5P/c1-55-34-19-28(9-11-31(34)44-40-42-20-30(41)37(46-40)43-32-6-4-5-7-35(32)56(2,3)54)48-16-14-47(15-17-48)21-25-22-49(23-25)27-8-10-29-26(18-27)24-50(39(29)53)33-12-13-36(51)45-38(33)52/h4-11,18-20,25,33H,12-17,21-24H2,1-3H3,(H,45,51,52)(H2,42,43,44,46). The van der Waals surface area contributed by atoms with Crippen LogP contribution in [-0.4, -0.2) is 110 Å². The van der Waals surface area contributed by atoms with Crippen molar-refractivity contribution in [1.29, 1.82) is 0 Å². The van der Waals surface area contributed by atoms with Crippen LogP contribution in [-0.2, 0) is 20.7 Å². The van der Waals surface area contributed by atoms with E-state index in [-0.39, 0.29) is 24.1 Å². The molecule has 4 aliphatic rings. The van der Waals surface area contributed by atoms with Crippen LogP contribution in [0, 0.1) is 5.92 Å². The number of nitrogens with zero attached hydrogens (tertiary/aromatic N) is 6. The molecule has 16 heteroatoms. The Bertz CT molecular complexity index is 2240. The van der Waals surface area contributed by atoms with Crippen molar-refractivity contribution in [3.63, 3.8) is 0 Å². The fourth-order valence-corrected chi connectivity index (χ4v) is 9.29. The molecule has 8 rings (SSSR count). The number of para-hydroxylation sites is 1. The molecule has 5 heterocycles. The molecule has 4 aromatic rings. The number of fused-ring (bicyclic) bond motifs is 1. The van der Waals surface area contributed by atoms with Gasteiger partial charge in [-0.1, -0.05) is 23.7 Å². The van der Waals surface area contributed by atoms with E-state index in [1.807, 2.05) is 48.5 Å². The number of amides is 3. The number of ether oxygens (including phenoxy) is 1. The first-order valence-electron chi connectivity index (χ1n) is 18.8. The number of anilines is 6. The number of hydrogen-bond donors (Lipinski definition) is 3. The summed E-state index contributed by atoms with van der Waals surface area (Å²) < 4.78 is 18.7. The molecule has 3 N–H and O–H groups in total. The number of piperidine rings is 1. The lowest BCUT2D eigenvalue weighted by molar-refractivity contribution is -0.136. The Morgan fingerprint density at radius 1 is 0.929 bits per heavy atom. The zero-order valence-corrected chi connectivity index (χ0v) is 33.3. The first-order chi connectivity index (χ1) is 26.9. The minimum Gasteiger partial charge on any atom is -0.494 e. The summed E-state index contributed by atoms with van der Waals surface area (Å²) in [5, 5.41) is 9.93. The minimum absolute atomic E-state index is 0.145. The second-order valence-corrected chi connectivity index (χ2v) is 18.8. The summed E-state index contributed by atoms with van der Waals surface area (Å²) in [5.41, 5.74) is 5.14. The van der Waals surface area contributed by atoms with Gasteiger partial charge in [0.1, 0.15) is 24.0 Å². The van der Waals surface area contributed by atoms with E-state index in [9.17, 15) is 18.9 Å². The smallest absolute Gasteiger partial charge is 0.255 e. The van der Waals surface area contributed by atoms with E-state index >= 15 is 0 Å². The molecule has 0 bridgehead atoms. The predicted molar refractivity (Wildman–Crippen MR) is 219 cm³/mol. The maximum absolute atomic E-state index is 13.1. The summed E-state index contributed by atoms with van der Waals surface area (Å²) >= 11 is 6.47. The number of methoxy groups -OCH3 is 1. The number of hydrogen-bond acceptors (Lipinski definition) is 12. The molecule has 14 nitrogen and oxygen atoms in total. The summed E-state index contributed by atoms with van der Waals surface area (Å²) in [6.45, 7) is 10.5. The van der Waals surface area contributed by atoms with Gasteiger partial charge in [-0.2, -0.15) is 4.98 Å². The summed E-state index contributed by atoms with van der Waals surface area (Å²) in [4.78, 5) is 55.0. The molecule has 292 valence electrons. The Labute approximate surface area is 330 Å². The highest BCUT2D eigenvalue weighted by atomic mass is 35.5. The van der Waals surface area contributed by atoms with Crippen LogP contribution >= 0.6 is 18.7 Å². The Kier molecular flexibility index (Phi) is 10.4. The zero-order valence-electron chi connectivity index (χ0n) is 31.6. The third-order valence-electron chi connectivity index (χ3n) is 11.0. The highest BCUT2D eigenvalue weighted by Crippen LogP contribution is 2.39. The van der Waals surface area contributed by atoms with E-state index in [2.05, 4.69) is 52.8 Å². The summed E-state index contributed by atoms with van der Waals surface area (Å²) in [7, 11) is -0.906. The zero-order chi connectivity index (χ0) is 39.1. The number of rotatable bonds is 11. The molecule has 3 amide bonds. The van der Waals surface area contributed by atoms with Gasteiger partial charge in [0.2, 0.25) is 17.8 Å². The topological polar surface area (TPSA) is 152 Å². The van der Waals surface area contributed by atoms with Crippen molar-refractivity contribution < 1.29 is 23.7 Å². The van der Waals surface area contributed by atoms with Crippen LogP contribution < -0.4 is 35.8 Å². The molecule has 56 heavy (non-hydrogen) atoms. The number of halogens is 1. The van der Waals surface area contributed by atoms with Crippen molar-refractivity contribution in [2.24, 2.45) is 5.92 Å². The maximum atomic E-state index is 13.1. The molecule has 3 fully saturated rings. The molecular weight excluding hydrogens is 753 g/mol. The fourth-order valence-electron chi connectivity index (χ4n) is 8.00. The summed E-state index contributed by atoms with van der Waals surface area (Å²) in [6, 6.07) is 18.9. The molecule has 0 spiro atoms. The van der Waals surface area contributed by atoms with Crippen LogP contribution in [0.5, 0.6) is 5.75 Å². The van der Waals surface area contributed by atoms with Gasteiger partial charge in [-0.3, -0.25) is 24.6 Å². The Morgan fingerprint density at radius 3 is 2.43 bits per heavy atom. The number of aromatic nitrogens is 2. The van der Waals surface area contributed by atoms with E-state index in [0.717, 1.165) is 62.8 Å². The molecule has 3 saturated heterocycles. The van der Waals surface area contributed by atoms with Gasteiger partial charge in [0, 0.05) is 93.0 Å². The van der Waals surface area contributed by atoms with Crippen molar-refractivity contribution in [3.05, 3.63) is 83.0 Å². The van der Waals surface area contributed by atoms with Gasteiger partial charge in [-0.25, -0.2) is 4.98 Å². The molecule has 4 aliphatic heterocycles. The maximum Gasteiger partial charge on any atom is 0.255 e. The number of benzene rings is 3. The molecule has 0 saturated carbocycles. The largest absolute Gasteiger partial charge is 0.494 e. The predicted octanol–water partition coefficient (Wildman–Crippen LogP) is 4.89. The molecule has 1 atom stereocenters. The molecule has 0 aliphatic carbocycles. The third kappa shape index (κ3) is 7.78. The number of nitrogens with one attached hydrogen (secondary N) is 3. The van der Waals surface area contributed by atoms with Gasteiger partial charge in [0.15, 0.2) is 5.82 Å². The monoisotopic (exact) mass is 797 g/mol. The highest BCUT2D eigenvalue weighted by molar-refractivity contribution is 7.70. The van der Waals surface area contributed by atoms with Crippen LogP contribution in [0.4, 0.5) is 34.5 Å². The average molecular weight is 798 g/mol. The number of carbonyl (C=O) groups is 3. The Hall–Kier alpha value is -5.17. The summed E-state index contributed by atoms with van der Waals surface area (Å²) in [6.07, 6.45) is 2.13. The fraction of sp³-hybridized carbons (Fsp3) is 0.375. The molecular formula is C40H45ClN9O5P. The quantitative estimate of drug-likeness (QED) is 0.140. The average Bonchev–Trinajstić information content (AvgIpc) is 3.49. The van der Waals surface area contributed by atoms with Crippen LogP contribution in [0.1, 0.15) is 28.8 Å². The first kappa shape index (κ1) is 37.7. The van der Waals surface area contributed by atoms with Crippen molar-refractivity contribution in [3.8, 4) is 5.75 Å². The lowest BCUT2D eigenvalue weighted by Crippen LogP contribution is -2.55. The molecule has 3 aromatic carbocycles. The van der Waals surface area contributed by atoms with E-state index in [4.69, 9.17) is 16.3 Å². The molecule has 0 radical (unpaired) electrons. The van der Waals surface area contributed by atoms with Crippen LogP contribution in [0.25, 0.3) is 0 Å². The van der Waals surface area contributed by atoms with Gasteiger partial charge in [-0.15, -0.1) is 0 Å². The lowest BCUT2D eigenvalue weighted by atomic mass is 9.97. The van der Waals surface area contributed by atoms with Crippen LogP contribution in [0.2, 0.25) is 5.02 Å². The molecule has 1 unspecified atom stereocenters. The van der Waals surface area contributed by atoms with E-state index in [1.165, 1.54) is 6.20 Å². The van der Waals surface area contributed by atoms with Gasteiger partial charge in [0.25, 0.3) is 5.91 Å². The number of carbonyl (C=O) groups excluding carboxylic acids is 3. The van der Waals surface area contributed by atoms with Crippen LogP contribution in [0.15, 0.2) is 66.9 Å². The second kappa shape index (κ2) is 15.4. The van der Waals surface area contributed by atoms with Gasteiger partial charge < -0.3 is 34.6 Å². The van der Waals surface area contributed by atoms with E-state index in [1.54, 1.807) is 25.3 Å². The Morgan fingerprint density at radius 2 is 1.68 bits per heavy atom. The van der Waals surface area contributed by atoms with Gasteiger partial charge >= 0.3 is 0 Å². The van der Waals surface area contributed by atoms with Crippen molar-refractivity contribution in [2.45, 2.75) is 25.4 Å². The first-order valence-corrected chi connectivity index (χ1v) is 21.8. The third-order valence-corrected chi connectivity index (χ3v) is 12.8. The van der Waals surface area contributed by atoms with E-state index in [0.29, 0.717) is 63.7 Å². The van der Waals surface area contributed by atoms with Crippen molar-refractivity contribution in [2.75, 3.05) is 86.7 Å². The summed E-state index contributed by atoms with van der Waals surface area (Å²) in [5.74, 6) is 1.14. The van der Waals surface area contributed by atoms with Crippen molar-refractivity contribution >= 4 is 76.3 Å². The SMILES string of the molecule is COc1cc(N2CCN(CC3CN(c4ccc5c(c4)CN(C4CCC(=O)NC4=O)C5=O)C3)CC2)ccc1Nc1ncc(Cl)c(Nc2ccccc2P(C)(C)=O)n1. The van der Waals surface area contributed by atoms with Crippen molar-refractivity contribution in [1.82, 2.24) is 25.1 Å². The minimum atomic E-state index is -2.55. The van der Waals surface area contributed by atoms with Gasteiger partial charge in [-0.05, 0) is 67.8 Å². The number of piperazine rings is 1. The normalized spacial score (nSPS) is 19.1. The highest BCUT2D eigenvalue weighted by Gasteiger charge is 2.40. The van der Waals surface area contributed by atoms with Gasteiger partial charge in [0.05, 0.1) is 24.7 Å². The number of imide groups is 1. The lowest BCUT2D eigenvalue weighted by Gasteiger charge is -2.45. The molecule has 1 aromatic heterocycles.